The number of ether oxygens (including phenoxy) is 3. The zero-order valence-corrected chi connectivity index (χ0v) is 39.4. The van der Waals surface area contributed by atoms with Crippen LogP contribution in [0.5, 0.6) is 0 Å². The molecule has 0 aliphatic heterocycles. The predicted molar refractivity (Wildman–Crippen MR) is 235 cm³/mol. The molecule has 3 unspecified atom stereocenters. The van der Waals surface area contributed by atoms with Gasteiger partial charge in [0.15, 0.2) is 0 Å². The smallest absolute Gasteiger partial charge is 0.410 e. The summed E-state index contributed by atoms with van der Waals surface area (Å²) in [5.41, 5.74) is 0.595. The van der Waals surface area contributed by atoms with Gasteiger partial charge in [0.25, 0.3) is 0 Å². The van der Waals surface area contributed by atoms with Crippen molar-refractivity contribution in [3.63, 3.8) is 0 Å². The Balaban J connectivity index is 1.31. The van der Waals surface area contributed by atoms with Crippen LogP contribution in [0.3, 0.4) is 0 Å². The Hall–Kier alpha value is -2.63. The van der Waals surface area contributed by atoms with Crippen LogP contribution in [-0.4, -0.2) is 92.1 Å². The zero-order valence-electron chi connectivity index (χ0n) is 39.4. The number of rotatable bonds is 19. The van der Waals surface area contributed by atoms with E-state index in [1.807, 2.05) is 0 Å². The molecule has 4 rings (SSSR count). The van der Waals surface area contributed by atoms with Crippen molar-refractivity contribution >= 4 is 18.3 Å². The number of allylic oxidation sites excluding steroid dienone is 1. The Bertz CT molecular complexity index is 1430. The van der Waals surface area contributed by atoms with Crippen LogP contribution in [-0.2, 0) is 14.2 Å². The first kappa shape index (κ1) is 50.0. The van der Waals surface area contributed by atoms with E-state index in [0.717, 1.165) is 48.9 Å². The standard InChI is InChI=1S/C48H84F2N4O6/c1-32(2)15-14-16-33(3)39-19-20-40-38-18-17-34-27-37(21-23-47(34,10)41(38)22-24-48(39,40)11)58-44(57)54(31-36(50)30-53-43(56)60-46(7,8)9)26-13-12-25-51-28-35(49)29-52-42(55)59-45(4,5)6/h17,32-33,35-41,51H,12-16,18-31H2,1-11H3,(H,52,55)(H,53,56)/t33-,35?,36?,37+,38+,39?,40+,41+,47+,48-/m1/s1. The maximum absolute atomic E-state index is 15.4. The molecular formula is C48H84F2N4O6. The number of nitrogens with one attached hydrogen (secondary N) is 3. The van der Waals surface area contributed by atoms with Crippen LogP contribution in [0.15, 0.2) is 11.6 Å². The van der Waals surface area contributed by atoms with Gasteiger partial charge in [-0.25, -0.2) is 23.2 Å². The third-order valence-electron chi connectivity index (χ3n) is 14.3. The number of carbonyl (C=O) groups excluding carboxylic acids is 3. The molecule has 0 saturated heterocycles. The highest BCUT2D eigenvalue weighted by Gasteiger charge is 2.59. The van der Waals surface area contributed by atoms with E-state index in [1.54, 1.807) is 41.5 Å². The van der Waals surface area contributed by atoms with E-state index in [9.17, 15) is 18.8 Å². The number of nitrogens with zero attached hydrogens (tertiary/aromatic N) is 1. The summed E-state index contributed by atoms with van der Waals surface area (Å²) in [6, 6.07) is 0. The first-order chi connectivity index (χ1) is 28.0. The lowest BCUT2D eigenvalue weighted by Crippen LogP contribution is -2.51. The van der Waals surface area contributed by atoms with Crippen molar-refractivity contribution in [3.8, 4) is 0 Å². The summed E-state index contributed by atoms with van der Waals surface area (Å²) < 4.78 is 46.4. The van der Waals surface area contributed by atoms with Gasteiger partial charge in [0.1, 0.15) is 29.6 Å². The molecule has 0 aromatic heterocycles. The van der Waals surface area contributed by atoms with E-state index < -0.39 is 41.8 Å². The van der Waals surface area contributed by atoms with Gasteiger partial charge in [-0.3, -0.25) is 0 Å². The molecule has 3 fully saturated rings. The molecule has 12 heteroatoms. The lowest BCUT2D eigenvalue weighted by molar-refractivity contribution is -0.0595. The van der Waals surface area contributed by atoms with E-state index in [1.165, 1.54) is 55.4 Å². The van der Waals surface area contributed by atoms with Crippen molar-refractivity contribution in [1.29, 1.82) is 0 Å². The summed E-state index contributed by atoms with van der Waals surface area (Å²) >= 11 is 0. The predicted octanol–water partition coefficient (Wildman–Crippen LogP) is 10.9. The number of alkyl carbamates (subject to hydrolysis) is 2. The molecule has 3 saturated carbocycles. The summed E-state index contributed by atoms with van der Waals surface area (Å²) in [5, 5.41) is 7.98. The molecule has 0 aromatic rings. The average Bonchev–Trinajstić information content (AvgIpc) is 3.50. The number of amides is 3. The Morgan fingerprint density at radius 3 is 2.10 bits per heavy atom. The topological polar surface area (TPSA) is 118 Å². The highest BCUT2D eigenvalue weighted by molar-refractivity contribution is 5.69. The van der Waals surface area contributed by atoms with Crippen molar-refractivity contribution in [2.75, 3.05) is 39.3 Å². The van der Waals surface area contributed by atoms with Gasteiger partial charge in [-0.05, 0) is 152 Å². The Morgan fingerprint density at radius 1 is 0.817 bits per heavy atom. The lowest BCUT2D eigenvalue weighted by atomic mass is 9.47. The van der Waals surface area contributed by atoms with Crippen molar-refractivity contribution < 1.29 is 37.4 Å². The molecule has 4 aliphatic rings. The molecule has 0 bridgehead atoms. The molecule has 10 atom stereocenters. The highest BCUT2D eigenvalue weighted by Crippen LogP contribution is 2.67. The monoisotopic (exact) mass is 851 g/mol. The molecule has 10 nitrogen and oxygen atoms in total. The van der Waals surface area contributed by atoms with Crippen molar-refractivity contribution in [1.82, 2.24) is 20.9 Å². The fourth-order valence-corrected chi connectivity index (χ4v) is 11.4. The molecular weight excluding hydrogens is 767 g/mol. The fourth-order valence-electron chi connectivity index (χ4n) is 11.4. The molecule has 0 radical (unpaired) electrons. The number of fused-ring (bicyclic) bond motifs is 5. The number of halogens is 2. The average molecular weight is 851 g/mol. The van der Waals surface area contributed by atoms with Gasteiger partial charge in [0.05, 0.1) is 19.6 Å². The molecule has 0 spiro atoms. The number of alkyl halides is 2. The molecule has 3 N–H and O–H groups in total. The quantitative estimate of drug-likeness (QED) is 0.0673. The molecule has 346 valence electrons. The second kappa shape index (κ2) is 21.6. The Kier molecular flexibility index (Phi) is 18.0. The van der Waals surface area contributed by atoms with E-state index in [4.69, 9.17) is 14.2 Å². The maximum atomic E-state index is 15.4. The summed E-state index contributed by atoms with van der Waals surface area (Å²) in [4.78, 5) is 39.3. The van der Waals surface area contributed by atoms with E-state index in [-0.39, 0.29) is 44.2 Å². The van der Waals surface area contributed by atoms with Gasteiger partial charge < -0.3 is 35.1 Å². The summed E-state index contributed by atoms with van der Waals surface area (Å²) in [6.45, 7) is 22.8. The van der Waals surface area contributed by atoms with Crippen molar-refractivity contribution in [2.24, 2.45) is 46.3 Å². The van der Waals surface area contributed by atoms with Crippen LogP contribution in [0.1, 0.15) is 160 Å². The van der Waals surface area contributed by atoms with Gasteiger partial charge in [-0.2, -0.15) is 0 Å². The van der Waals surface area contributed by atoms with Crippen molar-refractivity contribution in [2.45, 2.75) is 189 Å². The van der Waals surface area contributed by atoms with Gasteiger partial charge in [-0.15, -0.1) is 0 Å². The SMILES string of the molecule is CC(C)CCC[C@@H](C)C1CC[C@H]2[C@@H]3CC=C4C[C@@H](OC(=O)N(CCCCNCC(F)CNC(=O)OC(C)(C)C)CC(F)CNC(=O)OC(C)(C)C)CC[C@]4(C)[C@H]3CC[C@]12C. The molecule has 60 heavy (non-hydrogen) atoms. The minimum atomic E-state index is -1.53. The summed E-state index contributed by atoms with van der Waals surface area (Å²) in [6.07, 6.45) is 11.5. The summed E-state index contributed by atoms with van der Waals surface area (Å²) in [7, 11) is 0. The number of unbranched alkanes of at least 4 members (excludes halogenated alkanes) is 1. The van der Waals surface area contributed by atoms with Gasteiger partial charge in [-0.1, -0.05) is 65.5 Å². The minimum Gasteiger partial charge on any atom is -0.446 e. The Morgan fingerprint density at radius 2 is 1.47 bits per heavy atom. The van der Waals surface area contributed by atoms with Crippen LogP contribution in [0.2, 0.25) is 0 Å². The molecule has 0 aromatic carbocycles. The highest BCUT2D eigenvalue weighted by atomic mass is 19.1. The third-order valence-corrected chi connectivity index (χ3v) is 14.3. The van der Waals surface area contributed by atoms with Gasteiger partial charge in [0, 0.05) is 19.5 Å². The largest absolute Gasteiger partial charge is 0.446 e. The molecule has 4 aliphatic carbocycles. The fraction of sp³-hybridized carbons (Fsp3) is 0.896. The Labute approximate surface area is 362 Å². The van der Waals surface area contributed by atoms with Gasteiger partial charge in [0.2, 0.25) is 0 Å². The molecule has 0 heterocycles. The first-order valence-electron chi connectivity index (χ1n) is 23.6. The van der Waals surface area contributed by atoms with Crippen LogP contribution in [0.25, 0.3) is 0 Å². The normalized spacial score (nSPS) is 29.2. The third kappa shape index (κ3) is 14.5. The van der Waals surface area contributed by atoms with Crippen molar-refractivity contribution in [3.05, 3.63) is 11.6 Å². The first-order valence-corrected chi connectivity index (χ1v) is 23.6. The minimum absolute atomic E-state index is 0.0424. The van der Waals surface area contributed by atoms with Gasteiger partial charge >= 0.3 is 18.3 Å². The summed E-state index contributed by atoms with van der Waals surface area (Å²) in [5.74, 6) is 4.53. The number of hydrogen-bond donors (Lipinski definition) is 3. The van der Waals surface area contributed by atoms with Crippen LogP contribution >= 0.6 is 0 Å². The molecule has 3 amide bonds. The zero-order chi connectivity index (χ0) is 44.5. The number of carbonyl (C=O) groups is 3. The lowest BCUT2D eigenvalue weighted by Gasteiger charge is -2.58. The van der Waals surface area contributed by atoms with Crippen LogP contribution < -0.4 is 16.0 Å². The second-order valence-corrected chi connectivity index (χ2v) is 21.9. The van der Waals surface area contributed by atoms with E-state index >= 15 is 4.39 Å². The van der Waals surface area contributed by atoms with E-state index in [0.29, 0.717) is 37.1 Å². The van der Waals surface area contributed by atoms with E-state index in [2.05, 4.69) is 56.6 Å². The van der Waals surface area contributed by atoms with Crippen LogP contribution in [0.4, 0.5) is 23.2 Å². The maximum Gasteiger partial charge on any atom is 0.410 e. The second-order valence-electron chi connectivity index (χ2n) is 21.9. The van der Waals surface area contributed by atoms with Crippen LogP contribution in [0, 0.1) is 46.3 Å². The number of hydrogen-bond acceptors (Lipinski definition) is 7.